The Morgan fingerprint density at radius 1 is 0.976 bits per heavy atom. The van der Waals surface area contributed by atoms with Gasteiger partial charge in [0.2, 0.25) is 11.8 Å². The van der Waals surface area contributed by atoms with Crippen molar-refractivity contribution in [2.45, 2.75) is 25.4 Å². The smallest absolute Gasteiger partial charge is 0.259 e. The summed E-state index contributed by atoms with van der Waals surface area (Å²) < 4.78 is 10.5. The zero-order valence-electron chi connectivity index (χ0n) is 22.6. The lowest BCUT2D eigenvalue weighted by Gasteiger charge is -2.25. The summed E-state index contributed by atoms with van der Waals surface area (Å²) in [4.78, 5) is 49.6. The summed E-state index contributed by atoms with van der Waals surface area (Å²) in [7, 11) is 3.14. The van der Waals surface area contributed by atoms with Gasteiger partial charge in [-0.05, 0) is 36.8 Å². The number of benzene rings is 3. The Labute approximate surface area is 241 Å². The van der Waals surface area contributed by atoms with Gasteiger partial charge in [0.1, 0.15) is 23.4 Å². The van der Waals surface area contributed by atoms with Crippen LogP contribution in [0, 0.1) is 0 Å². The van der Waals surface area contributed by atoms with Gasteiger partial charge in [0.05, 0.1) is 25.7 Å². The van der Waals surface area contributed by atoms with Crippen molar-refractivity contribution >= 4 is 51.9 Å². The maximum absolute atomic E-state index is 13.5. The fourth-order valence-electron chi connectivity index (χ4n) is 4.51. The maximum atomic E-state index is 13.5. The molecule has 0 fully saturated rings. The maximum Gasteiger partial charge on any atom is 0.259 e. The van der Waals surface area contributed by atoms with Crippen molar-refractivity contribution in [3.05, 3.63) is 83.9 Å². The molecule has 5 rings (SSSR count). The first-order valence-corrected chi connectivity index (χ1v) is 14.0. The molecule has 0 saturated heterocycles. The van der Waals surface area contributed by atoms with Gasteiger partial charge >= 0.3 is 0 Å². The second-order valence-corrected chi connectivity index (χ2v) is 10.2. The van der Waals surface area contributed by atoms with Crippen LogP contribution in [-0.4, -0.2) is 59.6 Å². The van der Waals surface area contributed by atoms with Crippen LogP contribution >= 0.6 is 11.8 Å². The van der Waals surface area contributed by atoms with E-state index in [1.807, 2.05) is 48.5 Å². The molecule has 1 atom stereocenters. The molecule has 0 spiro atoms. The average molecular weight is 572 g/mol. The zero-order chi connectivity index (χ0) is 28.8. The number of rotatable bonds is 10. The van der Waals surface area contributed by atoms with Crippen molar-refractivity contribution in [2.24, 2.45) is 9.98 Å². The van der Waals surface area contributed by atoms with E-state index in [-0.39, 0.29) is 36.3 Å². The number of hydrogen-bond acceptors (Lipinski definition) is 8. The van der Waals surface area contributed by atoms with E-state index in [0.29, 0.717) is 40.4 Å². The average Bonchev–Trinajstić information content (AvgIpc) is 3.34. The van der Waals surface area contributed by atoms with E-state index in [0.717, 1.165) is 22.9 Å². The summed E-state index contributed by atoms with van der Waals surface area (Å²) in [5.74, 6) is 1.13. The van der Waals surface area contributed by atoms with Gasteiger partial charge in [-0.1, -0.05) is 48.2 Å². The van der Waals surface area contributed by atoms with Gasteiger partial charge in [0.25, 0.3) is 5.91 Å². The number of aliphatic imine (C=N–C) groups is 2. The molecule has 0 aliphatic carbocycles. The first kappa shape index (κ1) is 27.9. The number of carbonyl (C=O) groups is 3. The molecule has 10 nitrogen and oxygen atoms in total. The Kier molecular flexibility index (Phi) is 8.64. The predicted molar refractivity (Wildman–Crippen MR) is 159 cm³/mol. The van der Waals surface area contributed by atoms with Crippen molar-refractivity contribution in [3.8, 4) is 11.5 Å². The Morgan fingerprint density at radius 3 is 2.61 bits per heavy atom. The van der Waals surface area contributed by atoms with E-state index in [4.69, 9.17) is 14.5 Å². The number of fused-ring (bicyclic) bond motifs is 3. The van der Waals surface area contributed by atoms with Gasteiger partial charge in [-0.3, -0.25) is 19.4 Å². The minimum absolute atomic E-state index is 0.0330. The molecule has 3 aromatic rings. The van der Waals surface area contributed by atoms with Crippen molar-refractivity contribution in [2.75, 3.05) is 25.3 Å². The second-order valence-electron chi connectivity index (χ2n) is 9.25. The van der Waals surface area contributed by atoms with Gasteiger partial charge < -0.3 is 20.1 Å². The number of nitrogens with zero attached hydrogens (tertiary/aromatic N) is 3. The van der Waals surface area contributed by atoms with E-state index in [2.05, 4.69) is 15.6 Å². The number of carbonyl (C=O) groups excluding carboxylic acids is 3. The second kappa shape index (κ2) is 12.7. The third kappa shape index (κ3) is 6.41. The number of hydrogen-bond donors (Lipinski definition) is 2. The molecule has 11 heteroatoms. The lowest BCUT2D eigenvalue weighted by Crippen LogP contribution is -2.41. The van der Waals surface area contributed by atoms with Gasteiger partial charge in [-0.2, -0.15) is 0 Å². The number of para-hydroxylation sites is 2. The molecule has 41 heavy (non-hydrogen) atoms. The summed E-state index contributed by atoms with van der Waals surface area (Å²) in [5, 5.41) is 6.10. The fraction of sp³-hybridized carbons (Fsp3) is 0.233. The molecular formula is C30H29N5O5S. The Balaban J connectivity index is 1.23. The Hall–Kier alpha value is -4.64. The monoisotopic (exact) mass is 571 g/mol. The van der Waals surface area contributed by atoms with E-state index in [1.54, 1.807) is 38.5 Å². The molecule has 0 saturated carbocycles. The molecule has 0 aromatic heterocycles. The van der Waals surface area contributed by atoms with Crippen LogP contribution < -0.4 is 20.1 Å². The number of amidine groups is 2. The first-order valence-electron chi connectivity index (χ1n) is 13.0. The SMILES string of the molecule is COc1cccc(NC(=O)CSC2=Nc3ccccc3C3=N[C@H](CCC(=O)NCc4ccccc4OC)C(=O)N23)c1. The molecule has 2 aliphatic rings. The van der Waals surface area contributed by atoms with Gasteiger partial charge in [-0.15, -0.1) is 0 Å². The topological polar surface area (TPSA) is 122 Å². The van der Waals surface area contributed by atoms with E-state index in [1.165, 1.54) is 4.90 Å². The summed E-state index contributed by atoms with van der Waals surface area (Å²) in [6.45, 7) is 0.320. The van der Waals surface area contributed by atoms with Gasteiger partial charge in [0, 0.05) is 35.8 Å². The lowest BCUT2D eigenvalue weighted by molar-refractivity contribution is -0.125. The first-order chi connectivity index (χ1) is 20.0. The Bertz CT molecular complexity index is 1540. The number of anilines is 1. The summed E-state index contributed by atoms with van der Waals surface area (Å²) >= 11 is 1.15. The van der Waals surface area contributed by atoms with E-state index >= 15 is 0 Å². The van der Waals surface area contributed by atoms with E-state index in [9.17, 15) is 14.4 Å². The normalized spacial score (nSPS) is 15.3. The van der Waals surface area contributed by atoms with Crippen LogP contribution in [0.15, 0.2) is 82.8 Å². The highest BCUT2D eigenvalue weighted by molar-refractivity contribution is 8.14. The summed E-state index contributed by atoms with van der Waals surface area (Å²) in [6, 6.07) is 21.2. The summed E-state index contributed by atoms with van der Waals surface area (Å²) in [6.07, 6.45) is 0.368. The van der Waals surface area contributed by atoms with Gasteiger partial charge in [0.15, 0.2) is 5.17 Å². The molecule has 3 aromatic carbocycles. The molecule has 0 radical (unpaired) electrons. The highest BCUT2D eigenvalue weighted by atomic mass is 32.2. The number of ether oxygens (including phenoxy) is 2. The van der Waals surface area contributed by atoms with Crippen LogP contribution in [0.2, 0.25) is 0 Å². The largest absolute Gasteiger partial charge is 0.497 e. The van der Waals surface area contributed by atoms with Gasteiger partial charge in [-0.25, -0.2) is 9.89 Å². The van der Waals surface area contributed by atoms with Crippen LogP contribution in [-0.2, 0) is 20.9 Å². The number of nitrogens with one attached hydrogen (secondary N) is 2. The zero-order valence-corrected chi connectivity index (χ0v) is 23.4. The lowest BCUT2D eigenvalue weighted by atomic mass is 10.1. The predicted octanol–water partition coefficient (Wildman–Crippen LogP) is 4.13. The third-order valence-corrected chi connectivity index (χ3v) is 7.49. The van der Waals surface area contributed by atoms with Crippen molar-refractivity contribution < 1.29 is 23.9 Å². The van der Waals surface area contributed by atoms with Crippen molar-refractivity contribution in [3.63, 3.8) is 0 Å². The molecule has 2 heterocycles. The number of amides is 3. The molecular weight excluding hydrogens is 542 g/mol. The van der Waals surface area contributed by atoms with Crippen LogP contribution in [0.1, 0.15) is 24.0 Å². The Morgan fingerprint density at radius 2 is 1.78 bits per heavy atom. The van der Waals surface area contributed by atoms with Crippen LogP contribution in [0.3, 0.4) is 0 Å². The molecule has 3 amide bonds. The third-order valence-electron chi connectivity index (χ3n) is 6.55. The minimum Gasteiger partial charge on any atom is -0.497 e. The van der Waals surface area contributed by atoms with E-state index < -0.39 is 6.04 Å². The highest BCUT2D eigenvalue weighted by Gasteiger charge is 2.41. The van der Waals surface area contributed by atoms with Crippen LogP contribution in [0.25, 0.3) is 0 Å². The fourth-order valence-corrected chi connectivity index (χ4v) is 5.31. The minimum atomic E-state index is -0.732. The van der Waals surface area contributed by atoms with Crippen molar-refractivity contribution in [1.82, 2.24) is 10.2 Å². The molecule has 210 valence electrons. The van der Waals surface area contributed by atoms with Crippen LogP contribution in [0.5, 0.6) is 11.5 Å². The quantitative estimate of drug-likeness (QED) is 0.378. The highest BCUT2D eigenvalue weighted by Crippen LogP contribution is 2.34. The molecule has 2 aliphatic heterocycles. The summed E-state index contributed by atoms with van der Waals surface area (Å²) in [5.41, 5.74) is 2.87. The van der Waals surface area contributed by atoms with Crippen molar-refractivity contribution in [1.29, 1.82) is 0 Å². The molecule has 2 N–H and O–H groups in total. The number of methoxy groups -OCH3 is 2. The molecule has 0 bridgehead atoms. The van der Waals surface area contributed by atoms with Crippen LogP contribution in [0.4, 0.5) is 11.4 Å². The molecule has 0 unspecified atom stereocenters. The standard InChI is InChI=1S/C30H29N5O5S/c1-39-21-10-7-9-20(16-21)32-27(37)18-41-30-34-23-12-5-4-11-22(23)28-33-24(29(38)35(28)30)14-15-26(36)31-17-19-8-3-6-13-25(19)40-2/h3-13,16,24H,14-15,17-18H2,1-2H3,(H,31,36)(H,32,37)/t24-/m1/s1. The number of thioether (sulfide) groups is 1.